The number of rotatable bonds is 6. The van der Waals surface area contributed by atoms with Crippen LogP contribution in [0.5, 0.6) is 0 Å². The number of hydrogen-bond acceptors (Lipinski definition) is 6. The van der Waals surface area contributed by atoms with Crippen LogP contribution in [0, 0.1) is 6.92 Å². The molecule has 1 atom stereocenters. The molecule has 1 unspecified atom stereocenters. The maximum atomic E-state index is 13.1. The molecule has 8 heteroatoms. The highest BCUT2D eigenvalue weighted by atomic mass is 35.5. The third-order valence-electron chi connectivity index (χ3n) is 5.32. The summed E-state index contributed by atoms with van der Waals surface area (Å²) in [5.41, 5.74) is 2.23. The minimum atomic E-state index is -1.14. The molecule has 0 radical (unpaired) electrons. The van der Waals surface area contributed by atoms with Gasteiger partial charge in [0.25, 0.3) is 5.91 Å². The zero-order valence-corrected chi connectivity index (χ0v) is 18.9. The Morgan fingerprint density at radius 1 is 1.09 bits per heavy atom. The minimum Gasteiger partial charge on any atom is -0.444 e. The second-order valence-corrected chi connectivity index (χ2v) is 8.06. The van der Waals surface area contributed by atoms with Crippen LogP contribution in [0.25, 0.3) is 0 Å². The molecular weight excluding hydrogens is 442 g/mol. The Bertz CT molecular complexity index is 1120. The molecular formula is C25H24ClN3O4. The van der Waals surface area contributed by atoms with E-state index in [1.165, 1.54) is 6.20 Å². The van der Waals surface area contributed by atoms with Gasteiger partial charge in [-0.05, 0) is 36.8 Å². The maximum Gasteiger partial charge on any atom is 0.340 e. The summed E-state index contributed by atoms with van der Waals surface area (Å²) in [4.78, 5) is 32.4. The van der Waals surface area contributed by atoms with Crippen LogP contribution < -0.4 is 10.2 Å². The fourth-order valence-electron chi connectivity index (χ4n) is 3.44. The van der Waals surface area contributed by atoms with E-state index in [4.69, 9.17) is 21.1 Å². The van der Waals surface area contributed by atoms with Gasteiger partial charge in [0, 0.05) is 35.6 Å². The number of halogens is 1. The van der Waals surface area contributed by atoms with Gasteiger partial charge in [-0.15, -0.1) is 0 Å². The van der Waals surface area contributed by atoms with Gasteiger partial charge in [-0.25, -0.2) is 9.78 Å². The van der Waals surface area contributed by atoms with Gasteiger partial charge in [0.1, 0.15) is 5.82 Å². The second kappa shape index (κ2) is 10.5. The smallest absolute Gasteiger partial charge is 0.340 e. The van der Waals surface area contributed by atoms with E-state index in [1.807, 2.05) is 19.1 Å². The molecule has 0 aliphatic carbocycles. The van der Waals surface area contributed by atoms with Gasteiger partial charge < -0.3 is 19.7 Å². The summed E-state index contributed by atoms with van der Waals surface area (Å²) in [6.07, 6.45) is 0.324. The van der Waals surface area contributed by atoms with Crippen molar-refractivity contribution in [2.45, 2.75) is 13.0 Å². The lowest BCUT2D eigenvalue weighted by Crippen LogP contribution is -2.36. The Balaban J connectivity index is 1.50. The van der Waals surface area contributed by atoms with Gasteiger partial charge in [-0.1, -0.05) is 48.0 Å². The number of benzene rings is 2. The van der Waals surface area contributed by atoms with Crippen molar-refractivity contribution in [2.75, 3.05) is 36.5 Å². The van der Waals surface area contributed by atoms with Gasteiger partial charge in [-0.3, -0.25) is 4.79 Å². The fraction of sp³-hybridized carbons (Fsp3) is 0.240. The van der Waals surface area contributed by atoms with Crippen LogP contribution in [0.2, 0.25) is 5.02 Å². The molecule has 1 saturated heterocycles. The molecule has 0 saturated carbocycles. The third kappa shape index (κ3) is 5.69. The number of aryl methyl sites for hydroxylation is 1. The molecule has 0 spiro atoms. The lowest BCUT2D eigenvalue weighted by Gasteiger charge is -2.27. The number of nitrogens with one attached hydrogen (secondary N) is 1. The van der Waals surface area contributed by atoms with E-state index in [9.17, 15) is 9.59 Å². The van der Waals surface area contributed by atoms with Gasteiger partial charge in [0.05, 0.1) is 18.8 Å². The quantitative estimate of drug-likeness (QED) is 0.543. The van der Waals surface area contributed by atoms with Crippen molar-refractivity contribution in [1.82, 2.24) is 4.98 Å². The van der Waals surface area contributed by atoms with Crippen molar-refractivity contribution in [2.24, 2.45) is 0 Å². The molecule has 2 aromatic carbocycles. The SMILES string of the molecule is Cc1ccc(NC(=O)C(OC(=O)c2ccc(N3CCOCC3)nc2)c2ccccc2)cc1Cl. The number of amides is 1. The minimum absolute atomic E-state index is 0.263. The Morgan fingerprint density at radius 3 is 2.52 bits per heavy atom. The van der Waals surface area contributed by atoms with Gasteiger partial charge in [-0.2, -0.15) is 0 Å². The van der Waals surface area contributed by atoms with E-state index in [2.05, 4.69) is 15.2 Å². The highest BCUT2D eigenvalue weighted by molar-refractivity contribution is 6.31. The highest BCUT2D eigenvalue weighted by Gasteiger charge is 2.26. The van der Waals surface area contributed by atoms with Gasteiger partial charge >= 0.3 is 5.97 Å². The Hall–Kier alpha value is -3.42. The first-order valence-corrected chi connectivity index (χ1v) is 11.0. The van der Waals surface area contributed by atoms with Crippen molar-refractivity contribution < 1.29 is 19.1 Å². The molecule has 4 rings (SSSR count). The molecule has 1 aliphatic rings. The Labute approximate surface area is 197 Å². The standard InChI is InChI=1S/C25H24ClN3O4/c1-17-7-9-20(15-21(17)26)28-24(30)23(18-5-3-2-4-6-18)33-25(31)19-8-10-22(27-16-19)29-11-13-32-14-12-29/h2-10,15-16,23H,11-14H2,1H3,(H,28,30). The second-order valence-electron chi connectivity index (χ2n) is 7.65. The molecule has 170 valence electrons. The topological polar surface area (TPSA) is 80.8 Å². The monoisotopic (exact) mass is 465 g/mol. The van der Waals surface area contributed by atoms with E-state index >= 15 is 0 Å². The molecule has 2 heterocycles. The van der Waals surface area contributed by atoms with E-state index in [0.29, 0.717) is 29.5 Å². The Kier molecular flexibility index (Phi) is 7.22. The van der Waals surface area contributed by atoms with Crippen molar-refractivity contribution in [3.05, 3.63) is 88.6 Å². The first-order valence-electron chi connectivity index (χ1n) is 10.6. The summed E-state index contributed by atoms with van der Waals surface area (Å²) in [5, 5.41) is 3.32. The number of nitrogens with zero attached hydrogens (tertiary/aromatic N) is 2. The number of esters is 1. The molecule has 1 aliphatic heterocycles. The maximum absolute atomic E-state index is 13.1. The molecule has 33 heavy (non-hydrogen) atoms. The first kappa shape index (κ1) is 22.8. The number of carbonyl (C=O) groups excluding carboxylic acids is 2. The number of anilines is 2. The molecule has 1 amide bonds. The summed E-state index contributed by atoms with van der Waals surface area (Å²) in [6.45, 7) is 4.66. The number of ether oxygens (including phenoxy) is 2. The average molecular weight is 466 g/mol. The fourth-order valence-corrected chi connectivity index (χ4v) is 3.62. The van der Waals surface area contributed by atoms with Crippen LogP contribution in [0.1, 0.15) is 27.6 Å². The van der Waals surface area contributed by atoms with E-state index in [1.54, 1.807) is 48.5 Å². The molecule has 1 aromatic heterocycles. The molecule has 1 fully saturated rings. The van der Waals surface area contributed by atoms with E-state index in [0.717, 1.165) is 24.5 Å². The zero-order valence-electron chi connectivity index (χ0n) is 18.2. The number of aromatic nitrogens is 1. The van der Waals surface area contributed by atoms with Gasteiger partial charge in [0.15, 0.2) is 0 Å². The van der Waals surface area contributed by atoms with E-state index in [-0.39, 0.29) is 5.56 Å². The molecule has 1 N–H and O–H groups in total. The average Bonchev–Trinajstić information content (AvgIpc) is 2.86. The lowest BCUT2D eigenvalue weighted by molar-refractivity contribution is -0.125. The van der Waals surface area contributed by atoms with Crippen molar-refractivity contribution in [3.8, 4) is 0 Å². The number of carbonyl (C=O) groups is 2. The van der Waals surface area contributed by atoms with Crippen LogP contribution in [0.3, 0.4) is 0 Å². The van der Waals surface area contributed by atoms with Crippen molar-refractivity contribution >= 4 is 35.0 Å². The molecule has 7 nitrogen and oxygen atoms in total. The van der Waals surface area contributed by atoms with Crippen LogP contribution >= 0.6 is 11.6 Å². The predicted octanol–water partition coefficient (Wildman–Crippen LogP) is 4.42. The normalized spacial score (nSPS) is 14.4. The number of hydrogen-bond donors (Lipinski definition) is 1. The van der Waals surface area contributed by atoms with Crippen LogP contribution in [0.4, 0.5) is 11.5 Å². The largest absolute Gasteiger partial charge is 0.444 e. The third-order valence-corrected chi connectivity index (χ3v) is 5.73. The lowest BCUT2D eigenvalue weighted by atomic mass is 10.1. The van der Waals surface area contributed by atoms with Crippen LogP contribution in [0.15, 0.2) is 66.9 Å². The number of morpholine rings is 1. The van der Waals surface area contributed by atoms with Crippen LogP contribution in [-0.4, -0.2) is 43.2 Å². The van der Waals surface area contributed by atoms with E-state index < -0.39 is 18.0 Å². The highest BCUT2D eigenvalue weighted by Crippen LogP contribution is 2.24. The number of pyridine rings is 1. The summed E-state index contributed by atoms with van der Waals surface area (Å²) in [7, 11) is 0. The summed E-state index contributed by atoms with van der Waals surface area (Å²) in [5.74, 6) is -0.349. The summed E-state index contributed by atoms with van der Waals surface area (Å²) < 4.78 is 11.0. The first-order chi connectivity index (χ1) is 16.0. The molecule has 3 aromatic rings. The summed E-state index contributed by atoms with van der Waals surface area (Å²) in [6, 6.07) is 17.5. The van der Waals surface area contributed by atoms with Crippen LogP contribution in [-0.2, 0) is 14.3 Å². The predicted molar refractivity (Wildman–Crippen MR) is 127 cm³/mol. The molecule has 0 bridgehead atoms. The zero-order chi connectivity index (χ0) is 23.2. The Morgan fingerprint density at radius 2 is 1.85 bits per heavy atom. The summed E-state index contributed by atoms with van der Waals surface area (Å²) >= 11 is 6.17. The van der Waals surface area contributed by atoms with Crippen molar-refractivity contribution in [1.29, 1.82) is 0 Å². The van der Waals surface area contributed by atoms with Crippen molar-refractivity contribution in [3.63, 3.8) is 0 Å². The van der Waals surface area contributed by atoms with Gasteiger partial charge in [0.2, 0.25) is 6.10 Å².